The summed E-state index contributed by atoms with van der Waals surface area (Å²) in [5, 5.41) is 2.74. The van der Waals surface area contributed by atoms with Crippen LogP contribution in [0.1, 0.15) is 54.2 Å². The minimum Gasteiger partial charge on any atom is -0.469 e. The van der Waals surface area contributed by atoms with E-state index in [1.807, 2.05) is 30.3 Å². The fourth-order valence-corrected chi connectivity index (χ4v) is 2.93. The number of ether oxygens (including phenoxy) is 3. The first-order valence-electron chi connectivity index (χ1n) is 10.5. The molecule has 0 spiro atoms. The van der Waals surface area contributed by atoms with Crippen molar-refractivity contribution in [3.05, 3.63) is 70.8 Å². The van der Waals surface area contributed by atoms with Gasteiger partial charge in [-0.25, -0.2) is 9.59 Å². The number of amides is 1. The van der Waals surface area contributed by atoms with E-state index in [1.165, 1.54) is 14.2 Å². The highest BCUT2D eigenvalue weighted by Crippen LogP contribution is 2.12. The molecule has 0 aromatic heterocycles. The van der Waals surface area contributed by atoms with Gasteiger partial charge in [0.05, 0.1) is 26.2 Å². The third-order valence-corrected chi connectivity index (χ3v) is 4.43. The van der Waals surface area contributed by atoms with Crippen molar-refractivity contribution in [2.75, 3.05) is 14.2 Å². The minimum absolute atomic E-state index is 0.0217. The van der Waals surface area contributed by atoms with Crippen molar-refractivity contribution in [2.45, 2.75) is 45.3 Å². The van der Waals surface area contributed by atoms with E-state index in [0.29, 0.717) is 17.5 Å². The maximum Gasteiger partial charge on any atom is 0.407 e. The highest BCUT2D eigenvalue weighted by Gasteiger charge is 2.22. The summed E-state index contributed by atoms with van der Waals surface area (Å²) in [7, 11) is 2.64. The fourth-order valence-electron chi connectivity index (χ4n) is 2.93. The standard InChI is InChI=1S/C26H29NO6/c1-26(2,3)33-25(30)27-22(17-23(28)31-4)16-20-13-10-18(11-14-20)9-12-19-7-6-8-21(15-19)24(29)32-5/h6-8,10-11,13-15,22H,16-17H2,1-5H3,(H,27,30)/t22-/m0/s1. The average Bonchev–Trinajstić information content (AvgIpc) is 2.76. The molecule has 7 heteroatoms. The molecule has 0 bridgehead atoms. The first kappa shape index (κ1) is 25.5. The largest absolute Gasteiger partial charge is 0.469 e. The Morgan fingerprint density at radius 1 is 0.939 bits per heavy atom. The zero-order chi connectivity index (χ0) is 24.4. The van der Waals surface area contributed by atoms with Gasteiger partial charge in [-0.05, 0) is 63.1 Å². The second-order valence-corrected chi connectivity index (χ2v) is 8.35. The predicted molar refractivity (Wildman–Crippen MR) is 124 cm³/mol. The number of rotatable bonds is 6. The quantitative estimate of drug-likeness (QED) is 0.407. The Bertz CT molecular complexity index is 1040. The zero-order valence-electron chi connectivity index (χ0n) is 19.6. The van der Waals surface area contributed by atoms with Crippen molar-refractivity contribution in [3.8, 4) is 11.8 Å². The van der Waals surface area contributed by atoms with Gasteiger partial charge in [0.25, 0.3) is 0 Å². The maximum absolute atomic E-state index is 12.2. The molecule has 7 nitrogen and oxygen atoms in total. The minimum atomic E-state index is -0.642. The molecule has 0 unspecified atom stereocenters. The van der Waals surface area contributed by atoms with Crippen LogP contribution in [0.15, 0.2) is 48.5 Å². The summed E-state index contributed by atoms with van der Waals surface area (Å²) in [6.07, 6.45) is -0.148. The monoisotopic (exact) mass is 451 g/mol. The second-order valence-electron chi connectivity index (χ2n) is 8.35. The highest BCUT2D eigenvalue weighted by molar-refractivity contribution is 5.89. The van der Waals surface area contributed by atoms with Crippen LogP contribution in [-0.4, -0.2) is 43.9 Å². The van der Waals surface area contributed by atoms with Gasteiger partial charge in [-0.1, -0.05) is 30.0 Å². The number of carbonyl (C=O) groups is 3. The summed E-state index contributed by atoms with van der Waals surface area (Å²) in [4.78, 5) is 35.6. The van der Waals surface area contributed by atoms with Gasteiger partial charge < -0.3 is 19.5 Å². The van der Waals surface area contributed by atoms with Gasteiger partial charge >= 0.3 is 18.0 Å². The first-order valence-corrected chi connectivity index (χ1v) is 10.5. The number of hydrogen-bond acceptors (Lipinski definition) is 6. The Hall–Kier alpha value is -3.79. The van der Waals surface area contributed by atoms with Crippen LogP contribution in [0.4, 0.5) is 4.79 Å². The second kappa shape index (κ2) is 11.7. The lowest BCUT2D eigenvalue weighted by molar-refractivity contribution is -0.141. The smallest absolute Gasteiger partial charge is 0.407 e. The molecule has 1 N–H and O–H groups in total. The van der Waals surface area contributed by atoms with Crippen molar-refractivity contribution >= 4 is 18.0 Å². The summed E-state index contributed by atoms with van der Waals surface area (Å²) < 4.78 is 14.8. The lowest BCUT2D eigenvalue weighted by Crippen LogP contribution is -2.41. The van der Waals surface area contributed by atoms with Gasteiger partial charge in [0.1, 0.15) is 5.60 Å². The third kappa shape index (κ3) is 9.08. The molecule has 1 atom stereocenters. The normalized spacial score (nSPS) is 11.4. The first-order chi connectivity index (χ1) is 15.6. The van der Waals surface area contributed by atoms with Crippen LogP contribution < -0.4 is 5.32 Å². The van der Waals surface area contributed by atoms with Crippen LogP contribution >= 0.6 is 0 Å². The number of methoxy groups -OCH3 is 2. The molecule has 2 aromatic carbocycles. The molecule has 0 saturated carbocycles. The molecular formula is C26H29NO6. The summed E-state index contributed by atoms with van der Waals surface area (Å²) in [6, 6.07) is 13.9. The molecule has 0 aliphatic rings. The van der Waals surface area contributed by atoms with Crippen LogP contribution in [0.2, 0.25) is 0 Å². The van der Waals surface area contributed by atoms with Gasteiger partial charge in [-0.3, -0.25) is 4.79 Å². The Morgan fingerprint density at radius 2 is 1.61 bits per heavy atom. The lowest BCUT2D eigenvalue weighted by Gasteiger charge is -2.23. The molecule has 0 aliphatic carbocycles. The van der Waals surface area contributed by atoms with Gasteiger partial charge in [0.15, 0.2) is 0 Å². The van der Waals surface area contributed by atoms with Crippen molar-refractivity contribution in [1.82, 2.24) is 5.32 Å². The van der Waals surface area contributed by atoms with E-state index in [1.54, 1.807) is 39.0 Å². The summed E-state index contributed by atoms with van der Waals surface area (Å²) in [5.41, 5.74) is 2.19. The zero-order valence-corrected chi connectivity index (χ0v) is 19.6. The van der Waals surface area contributed by atoms with E-state index in [9.17, 15) is 14.4 Å². The molecular weight excluding hydrogens is 422 g/mol. The third-order valence-electron chi connectivity index (χ3n) is 4.43. The van der Waals surface area contributed by atoms with Crippen molar-refractivity contribution in [1.29, 1.82) is 0 Å². The van der Waals surface area contributed by atoms with Crippen LogP contribution in [0.5, 0.6) is 0 Å². The van der Waals surface area contributed by atoms with E-state index in [-0.39, 0.29) is 6.42 Å². The number of hydrogen-bond donors (Lipinski definition) is 1. The number of alkyl carbamates (subject to hydrolysis) is 1. The van der Waals surface area contributed by atoms with E-state index in [0.717, 1.165) is 11.1 Å². The molecule has 174 valence electrons. The predicted octanol–water partition coefficient (Wildman–Crippen LogP) is 3.87. The summed E-state index contributed by atoms with van der Waals surface area (Å²) in [6.45, 7) is 5.31. The lowest BCUT2D eigenvalue weighted by atomic mass is 10.0. The Kier molecular flexibility index (Phi) is 9.05. The molecule has 0 fully saturated rings. The SMILES string of the molecule is COC(=O)C[C@H](Cc1ccc(C#Cc2cccc(C(=O)OC)c2)cc1)NC(=O)OC(C)(C)C. The molecule has 2 aromatic rings. The number of carbonyl (C=O) groups excluding carboxylic acids is 3. The van der Waals surface area contributed by atoms with Crippen LogP contribution in [0.3, 0.4) is 0 Å². The molecule has 0 heterocycles. The van der Waals surface area contributed by atoms with E-state index in [4.69, 9.17) is 14.2 Å². The van der Waals surface area contributed by atoms with Crippen molar-refractivity contribution in [2.24, 2.45) is 0 Å². The number of benzene rings is 2. The maximum atomic E-state index is 12.2. The molecule has 0 saturated heterocycles. The van der Waals surface area contributed by atoms with Gasteiger partial charge in [0.2, 0.25) is 0 Å². The van der Waals surface area contributed by atoms with Gasteiger partial charge in [-0.2, -0.15) is 0 Å². The molecule has 0 radical (unpaired) electrons. The van der Waals surface area contributed by atoms with Crippen LogP contribution in [-0.2, 0) is 25.4 Å². The van der Waals surface area contributed by atoms with Crippen molar-refractivity contribution in [3.63, 3.8) is 0 Å². The molecule has 2 rings (SSSR count). The summed E-state index contributed by atoms with van der Waals surface area (Å²) >= 11 is 0. The molecule has 0 aliphatic heterocycles. The highest BCUT2D eigenvalue weighted by atomic mass is 16.6. The van der Waals surface area contributed by atoms with E-state index >= 15 is 0 Å². The number of esters is 2. The summed E-state index contributed by atoms with van der Waals surface area (Å²) in [5.74, 6) is 5.25. The molecule has 33 heavy (non-hydrogen) atoms. The van der Waals surface area contributed by atoms with E-state index in [2.05, 4.69) is 17.2 Å². The van der Waals surface area contributed by atoms with Crippen molar-refractivity contribution < 1.29 is 28.6 Å². The van der Waals surface area contributed by atoms with Crippen LogP contribution in [0.25, 0.3) is 0 Å². The fraction of sp³-hybridized carbons (Fsp3) is 0.346. The number of nitrogens with one attached hydrogen (secondary N) is 1. The topological polar surface area (TPSA) is 90.9 Å². The Balaban J connectivity index is 2.09. The van der Waals surface area contributed by atoms with E-state index < -0.39 is 29.7 Å². The van der Waals surface area contributed by atoms with Gasteiger partial charge in [0, 0.05) is 17.2 Å². The Morgan fingerprint density at radius 3 is 2.21 bits per heavy atom. The Labute approximate surface area is 194 Å². The molecule has 1 amide bonds. The average molecular weight is 452 g/mol. The van der Waals surface area contributed by atoms with Gasteiger partial charge in [-0.15, -0.1) is 0 Å². The van der Waals surface area contributed by atoms with Crippen LogP contribution in [0, 0.1) is 11.8 Å².